The van der Waals surface area contributed by atoms with Gasteiger partial charge in [-0.15, -0.1) is 0 Å². The van der Waals surface area contributed by atoms with Gasteiger partial charge in [0, 0.05) is 6.92 Å². The second-order valence-electron chi connectivity index (χ2n) is 3.75. The highest BCUT2D eigenvalue weighted by Crippen LogP contribution is 2.13. The molecular formula is C10H15N6O+. The van der Waals surface area contributed by atoms with Gasteiger partial charge in [-0.2, -0.15) is 0 Å². The number of hydrogen-bond acceptors (Lipinski definition) is 5. The van der Waals surface area contributed by atoms with Gasteiger partial charge in [-0.3, -0.25) is 5.21 Å². The van der Waals surface area contributed by atoms with Crippen molar-refractivity contribution in [2.75, 3.05) is 12.3 Å². The average molecular weight is 235 g/mol. The summed E-state index contributed by atoms with van der Waals surface area (Å²) in [6, 6.07) is 0. The maximum Gasteiger partial charge on any atom is 0.208 e. The molecule has 2 aromatic rings. The van der Waals surface area contributed by atoms with Crippen molar-refractivity contribution in [3.63, 3.8) is 0 Å². The number of H-pyrrole nitrogens is 1. The summed E-state index contributed by atoms with van der Waals surface area (Å²) in [5, 5.41) is 9.52. The van der Waals surface area contributed by atoms with E-state index in [1.165, 1.54) is 6.33 Å². The van der Waals surface area contributed by atoms with Crippen LogP contribution in [-0.4, -0.2) is 42.1 Å². The molecule has 0 saturated carbocycles. The Hall–Kier alpha value is -2.18. The molecular weight excluding hydrogens is 220 g/mol. The minimum atomic E-state index is 0.372. The van der Waals surface area contributed by atoms with E-state index >= 15 is 0 Å². The highest BCUT2D eigenvalue weighted by molar-refractivity contribution is 5.82. The number of hydroxylamine groups is 1. The van der Waals surface area contributed by atoms with Crippen molar-refractivity contribution < 1.29 is 9.95 Å². The summed E-state index contributed by atoms with van der Waals surface area (Å²) >= 11 is 0. The van der Waals surface area contributed by atoms with Gasteiger partial charge in [0.15, 0.2) is 18.0 Å². The van der Waals surface area contributed by atoms with E-state index < -0.39 is 0 Å². The van der Waals surface area contributed by atoms with Crippen molar-refractivity contribution >= 4 is 22.7 Å². The van der Waals surface area contributed by atoms with E-state index in [4.69, 9.17) is 5.73 Å². The molecule has 0 aliphatic heterocycles. The van der Waals surface area contributed by atoms with Gasteiger partial charge in [-0.05, 0) is 11.7 Å². The zero-order valence-corrected chi connectivity index (χ0v) is 9.80. The van der Waals surface area contributed by atoms with Crippen LogP contribution in [0.25, 0.3) is 11.2 Å². The first-order valence-corrected chi connectivity index (χ1v) is 5.36. The SMILES string of the molecule is CC[N+](O)=C(C)Cc1nc(N)c2[nH]cnc2n1. The van der Waals surface area contributed by atoms with Gasteiger partial charge >= 0.3 is 0 Å². The molecule has 0 radical (unpaired) electrons. The molecule has 17 heavy (non-hydrogen) atoms. The molecule has 4 N–H and O–H groups in total. The molecule has 7 nitrogen and oxygen atoms in total. The lowest BCUT2D eigenvalue weighted by Gasteiger charge is -2.00. The standard InChI is InChI=1S/C10H15N6O/c1-3-16(17)6(2)4-7-14-9(11)8-10(15-7)13-5-12-8/h5,17H,3-4H2,1-2H3,(H3,11,12,13,14,15)/q+1. The first kappa shape index (κ1) is 11.3. The Bertz CT molecular complexity index is 573. The summed E-state index contributed by atoms with van der Waals surface area (Å²) < 4.78 is 1.16. The van der Waals surface area contributed by atoms with Crippen LogP contribution in [0.1, 0.15) is 19.7 Å². The molecule has 2 heterocycles. The number of rotatable bonds is 3. The maximum absolute atomic E-state index is 9.52. The van der Waals surface area contributed by atoms with Gasteiger partial charge in [-0.25, -0.2) is 15.0 Å². The zero-order chi connectivity index (χ0) is 12.4. The molecule has 2 rings (SSSR count). The van der Waals surface area contributed by atoms with Crippen molar-refractivity contribution in [1.82, 2.24) is 19.9 Å². The number of anilines is 1. The summed E-state index contributed by atoms with van der Waals surface area (Å²) in [5.74, 6) is 0.920. The minimum absolute atomic E-state index is 0.372. The Morgan fingerprint density at radius 1 is 1.53 bits per heavy atom. The third-order valence-corrected chi connectivity index (χ3v) is 2.51. The molecule has 0 atom stereocenters. The van der Waals surface area contributed by atoms with Crippen molar-refractivity contribution in [2.45, 2.75) is 20.3 Å². The molecule has 0 aliphatic carbocycles. The number of nitrogens with two attached hydrogens (primary N) is 1. The second kappa shape index (κ2) is 4.36. The van der Waals surface area contributed by atoms with Crippen LogP contribution in [0.4, 0.5) is 5.82 Å². The van der Waals surface area contributed by atoms with E-state index in [-0.39, 0.29) is 0 Å². The van der Waals surface area contributed by atoms with Gasteiger partial charge in [0.1, 0.15) is 11.3 Å². The summed E-state index contributed by atoms with van der Waals surface area (Å²) in [7, 11) is 0. The lowest BCUT2D eigenvalue weighted by Crippen LogP contribution is -2.18. The van der Waals surface area contributed by atoms with Crippen LogP contribution >= 0.6 is 0 Å². The van der Waals surface area contributed by atoms with Crippen LogP contribution in [0, 0.1) is 0 Å². The maximum atomic E-state index is 9.52. The number of aromatic nitrogens is 4. The largest absolute Gasteiger partial charge is 0.382 e. The van der Waals surface area contributed by atoms with Crippen molar-refractivity contribution in [2.24, 2.45) is 0 Å². The first-order chi connectivity index (χ1) is 8.11. The molecule has 0 spiro atoms. The van der Waals surface area contributed by atoms with Gasteiger partial charge in [0.25, 0.3) is 0 Å². The molecule has 0 fully saturated rings. The van der Waals surface area contributed by atoms with Gasteiger partial charge < -0.3 is 10.7 Å². The number of nitrogens with one attached hydrogen (secondary N) is 1. The molecule has 0 aromatic carbocycles. The van der Waals surface area contributed by atoms with E-state index in [1.807, 2.05) is 13.8 Å². The Labute approximate surface area is 98.0 Å². The number of nitrogen functional groups attached to an aromatic ring is 1. The topological polar surface area (TPSA) is 104 Å². The van der Waals surface area contributed by atoms with Gasteiger partial charge in [0.2, 0.25) is 5.71 Å². The Morgan fingerprint density at radius 3 is 3.00 bits per heavy atom. The highest BCUT2D eigenvalue weighted by atomic mass is 16.5. The summed E-state index contributed by atoms with van der Waals surface area (Å²) in [5.41, 5.74) is 7.73. The third-order valence-electron chi connectivity index (χ3n) is 2.51. The van der Waals surface area contributed by atoms with Crippen LogP contribution in [0.2, 0.25) is 0 Å². The summed E-state index contributed by atoms with van der Waals surface area (Å²) in [4.78, 5) is 15.3. The molecule has 0 bridgehead atoms. The lowest BCUT2D eigenvalue weighted by atomic mass is 10.2. The van der Waals surface area contributed by atoms with E-state index in [2.05, 4.69) is 19.9 Å². The van der Waals surface area contributed by atoms with E-state index in [9.17, 15) is 5.21 Å². The molecule has 0 saturated heterocycles. The van der Waals surface area contributed by atoms with Crippen LogP contribution in [-0.2, 0) is 6.42 Å². The fourth-order valence-electron chi connectivity index (χ4n) is 1.57. The second-order valence-corrected chi connectivity index (χ2v) is 3.75. The molecule has 0 amide bonds. The lowest BCUT2D eigenvalue weighted by molar-refractivity contribution is -0.773. The zero-order valence-electron chi connectivity index (χ0n) is 9.80. The quantitative estimate of drug-likeness (QED) is 0.308. The summed E-state index contributed by atoms with van der Waals surface area (Å²) in [6.45, 7) is 4.19. The van der Waals surface area contributed by atoms with Crippen LogP contribution < -0.4 is 5.73 Å². The first-order valence-electron chi connectivity index (χ1n) is 5.36. The predicted molar refractivity (Wildman–Crippen MR) is 63.1 cm³/mol. The number of hydrogen-bond donors (Lipinski definition) is 3. The number of nitrogens with zero attached hydrogens (tertiary/aromatic N) is 4. The normalized spacial score (nSPS) is 12.8. The van der Waals surface area contributed by atoms with E-state index in [0.29, 0.717) is 35.8 Å². The molecule has 0 aliphatic rings. The highest BCUT2D eigenvalue weighted by Gasteiger charge is 2.13. The average Bonchev–Trinajstić information content (AvgIpc) is 2.76. The van der Waals surface area contributed by atoms with Crippen molar-refractivity contribution in [3.8, 4) is 0 Å². The fraction of sp³-hybridized carbons (Fsp3) is 0.400. The number of fused-ring (bicyclic) bond motifs is 1. The monoisotopic (exact) mass is 235 g/mol. The van der Waals surface area contributed by atoms with Crippen molar-refractivity contribution in [1.29, 1.82) is 0 Å². The Morgan fingerprint density at radius 2 is 2.29 bits per heavy atom. The smallest absolute Gasteiger partial charge is 0.208 e. The predicted octanol–water partition coefficient (Wildman–Crippen LogP) is 0.360. The Kier molecular flexibility index (Phi) is 2.90. The third kappa shape index (κ3) is 2.17. The van der Waals surface area contributed by atoms with Gasteiger partial charge in [-0.1, -0.05) is 0 Å². The fourth-order valence-corrected chi connectivity index (χ4v) is 1.57. The summed E-state index contributed by atoms with van der Waals surface area (Å²) in [6.07, 6.45) is 1.97. The molecule has 90 valence electrons. The number of aromatic amines is 1. The van der Waals surface area contributed by atoms with E-state index in [1.54, 1.807) is 0 Å². The Balaban J connectivity index is 2.37. The van der Waals surface area contributed by atoms with Crippen molar-refractivity contribution in [3.05, 3.63) is 12.2 Å². The van der Waals surface area contributed by atoms with Crippen LogP contribution in [0.15, 0.2) is 6.33 Å². The molecule has 7 heteroatoms. The van der Waals surface area contributed by atoms with Gasteiger partial charge in [0.05, 0.1) is 12.7 Å². The van der Waals surface area contributed by atoms with Crippen LogP contribution in [0.5, 0.6) is 0 Å². The molecule has 2 aromatic heterocycles. The molecule has 0 unspecified atom stereocenters. The van der Waals surface area contributed by atoms with E-state index in [0.717, 1.165) is 10.5 Å². The number of imidazole rings is 1. The minimum Gasteiger partial charge on any atom is -0.382 e. The van der Waals surface area contributed by atoms with Crippen LogP contribution in [0.3, 0.4) is 0 Å².